The molecular formula is C86H160NO8P. The second kappa shape index (κ2) is 76.6. The van der Waals surface area contributed by atoms with E-state index in [0.717, 1.165) is 64.2 Å². The lowest BCUT2D eigenvalue weighted by Crippen LogP contribution is -2.37. The smallest absolute Gasteiger partial charge is 0.306 e. The van der Waals surface area contributed by atoms with E-state index in [1.54, 1.807) is 0 Å². The third kappa shape index (κ3) is 80.4. The van der Waals surface area contributed by atoms with Gasteiger partial charge in [0.05, 0.1) is 27.7 Å². The van der Waals surface area contributed by atoms with Gasteiger partial charge >= 0.3 is 11.9 Å². The van der Waals surface area contributed by atoms with E-state index in [-0.39, 0.29) is 32.0 Å². The summed E-state index contributed by atoms with van der Waals surface area (Å²) in [6.45, 7) is 4.20. The molecule has 0 fully saturated rings. The quantitative estimate of drug-likeness (QED) is 0.0195. The van der Waals surface area contributed by atoms with Crippen LogP contribution in [0.1, 0.15) is 412 Å². The van der Waals surface area contributed by atoms with Crippen LogP contribution in [0.4, 0.5) is 0 Å². The number of nitrogens with zero attached hydrogens (tertiary/aromatic N) is 1. The number of unbranched alkanes of at least 4 members (excludes halogenated alkanes) is 52. The molecule has 562 valence electrons. The van der Waals surface area contributed by atoms with Crippen LogP contribution >= 0.6 is 7.82 Å². The van der Waals surface area contributed by atoms with Crippen molar-refractivity contribution in [1.82, 2.24) is 0 Å². The molecule has 96 heavy (non-hydrogen) atoms. The molecule has 0 bridgehead atoms. The number of esters is 2. The van der Waals surface area contributed by atoms with Crippen molar-refractivity contribution < 1.29 is 42.1 Å². The molecule has 2 atom stereocenters. The third-order valence-corrected chi connectivity index (χ3v) is 19.7. The van der Waals surface area contributed by atoms with Crippen LogP contribution in [0.2, 0.25) is 0 Å². The summed E-state index contributed by atoms with van der Waals surface area (Å²) < 4.78 is 34.5. The molecule has 0 aliphatic rings. The fraction of sp³-hybridized carbons (Fsp3) is 0.837. The number of carbonyl (C=O) groups excluding carboxylic acids is 2. The summed E-state index contributed by atoms with van der Waals surface area (Å²) in [4.78, 5) is 38.2. The first-order chi connectivity index (χ1) is 47.0. The van der Waals surface area contributed by atoms with Gasteiger partial charge in [0.1, 0.15) is 19.8 Å². The number of carbonyl (C=O) groups is 2. The molecule has 0 aromatic rings. The molecule has 0 rings (SSSR count). The predicted molar refractivity (Wildman–Crippen MR) is 416 cm³/mol. The number of phosphoric acid groups is 1. The van der Waals surface area contributed by atoms with Gasteiger partial charge in [-0.3, -0.25) is 14.2 Å². The summed E-state index contributed by atoms with van der Waals surface area (Å²) in [6.07, 6.45) is 105. The Kier molecular flexibility index (Phi) is 74.6. The van der Waals surface area contributed by atoms with Crippen molar-refractivity contribution in [3.63, 3.8) is 0 Å². The number of allylic oxidation sites excluding steroid dienone is 12. The van der Waals surface area contributed by atoms with E-state index in [0.29, 0.717) is 17.4 Å². The van der Waals surface area contributed by atoms with Gasteiger partial charge in [-0.1, -0.05) is 389 Å². The standard InChI is InChI=1S/C86H160NO8P/c1-6-8-10-12-14-16-18-20-22-24-26-28-30-32-34-36-38-39-40-41-42-43-44-45-46-47-49-51-53-55-57-59-61-63-65-67-69-71-73-75-77-79-86(89)95-84(83-94-96(90,91)93-81-80-87(3,4)5)82-92-85(88)78-76-74-72-70-68-66-64-62-60-58-56-54-52-50-48-37-35-33-31-29-27-25-23-21-19-17-15-13-11-9-7-2/h8,10,14,16,20,22,25-28,32,34,84H,6-7,9,11-13,15,17-19,21,23-24,29-31,33,35-83H2,1-5H3/b10-8-,16-14-,22-20-,27-25-,28-26-,34-32-. The fourth-order valence-electron chi connectivity index (χ4n) is 12.4. The van der Waals surface area contributed by atoms with Crippen LogP contribution in [0.5, 0.6) is 0 Å². The molecule has 0 amide bonds. The Morgan fingerprint density at radius 3 is 0.896 bits per heavy atom. The number of ether oxygens (including phenoxy) is 2. The van der Waals surface area contributed by atoms with E-state index in [9.17, 15) is 19.0 Å². The lowest BCUT2D eigenvalue weighted by atomic mass is 10.0. The molecule has 0 spiro atoms. The zero-order valence-electron chi connectivity index (χ0n) is 64.3. The highest BCUT2D eigenvalue weighted by Gasteiger charge is 2.22. The van der Waals surface area contributed by atoms with Gasteiger partial charge in [-0.2, -0.15) is 0 Å². The van der Waals surface area contributed by atoms with Crippen molar-refractivity contribution >= 4 is 19.8 Å². The summed E-state index contributed by atoms with van der Waals surface area (Å²) in [5, 5.41) is 0. The van der Waals surface area contributed by atoms with Crippen LogP contribution in [0.3, 0.4) is 0 Å². The van der Waals surface area contributed by atoms with Gasteiger partial charge in [0.25, 0.3) is 7.82 Å². The number of rotatable bonds is 78. The highest BCUT2D eigenvalue weighted by atomic mass is 31.2. The number of quaternary nitrogens is 1. The highest BCUT2D eigenvalue weighted by Crippen LogP contribution is 2.38. The molecule has 9 nitrogen and oxygen atoms in total. The lowest BCUT2D eigenvalue weighted by molar-refractivity contribution is -0.870. The Morgan fingerprint density at radius 1 is 0.333 bits per heavy atom. The minimum absolute atomic E-state index is 0.0284. The zero-order valence-corrected chi connectivity index (χ0v) is 65.2. The molecule has 10 heteroatoms. The minimum atomic E-state index is -4.64. The number of hydrogen-bond acceptors (Lipinski definition) is 8. The second-order valence-corrected chi connectivity index (χ2v) is 30.9. The molecule has 0 N–H and O–H groups in total. The van der Waals surface area contributed by atoms with E-state index in [1.807, 2.05) is 21.1 Å². The van der Waals surface area contributed by atoms with Crippen molar-refractivity contribution in [2.75, 3.05) is 47.5 Å². The van der Waals surface area contributed by atoms with Gasteiger partial charge in [-0.25, -0.2) is 0 Å². The largest absolute Gasteiger partial charge is 0.756 e. The van der Waals surface area contributed by atoms with Crippen LogP contribution in [-0.2, 0) is 32.7 Å². The van der Waals surface area contributed by atoms with Gasteiger partial charge in [0.2, 0.25) is 0 Å². The van der Waals surface area contributed by atoms with Crippen LogP contribution < -0.4 is 4.89 Å². The molecular weight excluding hydrogens is 1210 g/mol. The molecule has 0 saturated heterocycles. The summed E-state index contributed by atoms with van der Waals surface area (Å²) >= 11 is 0. The maximum atomic E-state index is 12.9. The molecule has 0 radical (unpaired) electrons. The first-order valence-electron chi connectivity index (χ1n) is 41.6. The molecule has 0 aliphatic carbocycles. The lowest BCUT2D eigenvalue weighted by Gasteiger charge is -2.28. The summed E-state index contributed by atoms with van der Waals surface area (Å²) in [5.41, 5.74) is 0. The average molecular weight is 1370 g/mol. The Labute approximate surface area is 597 Å². The van der Waals surface area contributed by atoms with Gasteiger partial charge in [0.15, 0.2) is 6.10 Å². The fourth-order valence-corrected chi connectivity index (χ4v) is 13.1. The monoisotopic (exact) mass is 1370 g/mol. The van der Waals surface area contributed by atoms with Gasteiger partial charge in [-0.05, 0) is 83.5 Å². The van der Waals surface area contributed by atoms with Crippen molar-refractivity contribution in [3.8, 4) is 0 Å². The molecule has 0 saturated carbocycles. The zero-order chi connectivity index (χ0) is 69.7. The third-order valence-electron chi connectivity index (χ3n) is 18.7. The second-order valence-electron chi connectivity index (χ2n) is 29.5. The van der Waals surface area contributed by atoms with Crippen LogP contribution in [0, 0.1) is 0 Å². The number of hydrogen-bond donors (Lipinski definition) is 0. The Bertz CT molecular complexity index is 1850. The normalized spacial score (nSPS) is 13.4. The molecule has 0 aromatic carbocycles. The van der Waals surface area contributed by atoms with Crippen LogP contribution in [0.25, 0.3) is 0 Å². The summed E-state index contributed by atoms with van der Waals surface area (Å²) in [6, 6.07) is 0. The first kappa shape index (κ1) is 93.5. The van der Waals surface area contributed by atoms with Crippen LogP contribution in [-0.4, -0.2) is 70.0 Å². The first-order valence-corrected chi connectivity index (χ1v) is 43.1. The predicted octanol–water partition coefficient (Wildman–Crippen LogP) is 27.2. The Morgan fingerprint density at radius 2 is 0.594 bits per heavy atom. The van der Waals surface area contributed by atoms with Gasteiger partial charge < -0.3 is 27.9 Å². The van der Waals surface area contributed by atoms with E-state index in [1.165, 1.54) is 315 Å². The molecule has 2 unspecified atom stereocenters. The topological polar surface area (TPSA) is 111 Å². The Hall–Kier alpha value is -2.55. The Balaban J connectivity index is 3.88. The van der Waals surface area contributed by atoms with Crippen LogP contribution in [0.15, 0.2) is 72.9 Å². The average Bonchev–Trinajstić information content (AvgIpc) is 2.54. The van der Waals surface area contributed by atoms with E-state index < -0.39 is 26.5 Å². The number of phosphoric ester groups is 1. The highest BCUT2D eigenvalue weighted by molar-refractivity contribution is 7.45. The number of likely N-dealkylation sites (N-methyl/N-ethyl adjacent to an activating group) is 1. The SMILES string of the molecule is CC/C=C\C/C=C\C/C=C\C/C=C\C/C=C\CCCCCCCCCCCCCCCCCCCCCCCCCCCC(=O)OC(COC(=O)CCCCCCCCCCCCCCCCCCCCC/C=C\CCCCCCCCCC)COP(=O)([O-])OCC[N+](C)(C)C. The molecule has 0 heterocycles. The van der Waals surface area contributed by atoms with E-state index >= 15 is 0 Å². The molecule has 0 aliphatic heterocycles. The van der Waals surface area contributed by atoms with Crippen molar-refractivity contribution in [2.24, 2.45) is 0 Å². The maximum absolute atomic E-state index is 12.9. The van der Waals surface area contributed by atoms with Crippen molar-refractivity contribution in [1.29, 1.82) is 0 Å². The van der Waals surface area contributed by atoms with E-state index in [4.69, 9.17) is 18.5 Å². The van der Waals surface area contributed by atoms with E-state index in [2.05, 4.69) is 86.8 Å². The summed E-state index contributed by atoms with van der Waals surface area (Å²) in [7, 11) is 1.19. The van der Waals surface area contributed by atoms with Gasteiger partial charge in [-0.15, -0.1) is 0 Å². The van der Waals surface area contributed by atoms with Crippen molar-refractivity contribution in [3.05, 3.63) is 72.9 Å². The maximum Gasteiger partial charge on any atom is 0.306 e. The van der Waals surface area contributed by atoms with Gasteiger partial charge in [0, 0.05) is 12.8 Å². The minimum Gasteiger partial charge on any atom is -0.756 e. The molecule has 0 aromatic heterocycles. The summed E-state index contributed by atoms with van der Waals surface area (Å²) in [5.74, 6) is -0.809. The van der Waals surface area contributed by atoms with Crippen molar-refractivity contribution in [2.45, 2.75) is 418 Å².